The van der Waals surface area contributed by atoms with Crippen LogP contribution in [0, 0.1) is 5.92 Å². The summed E-state index contributed by atoms with van der Waals surface area (Å²) in [6.45, 7) is -0.583. The molecule has 0 spiro atoms. The van der Waals surface area contributed by atoms with E-state index in [1.165, 1.54) is 10.4 Å². The molecule has 1 amide bonds. The second kappa shape index (κ2) is 8.77. The molecule has 146 valence electrons. The number of para-hydroxylation sites is 1. The summed E-state index contributed by atoms with van der Waals surface area (Å²) in [5, 5.41) is 2.85. The lowest BCUT2D eigenvalue weighted by molar-refractivity contribution is -0.126. The van der Waals surface area contributed by atoms with Crippen LogP contribution < -0.4 is 10.1 Å². The Balaban J connectivity index is 2.11. The molecule has 0 bridgehead atoms. The van der Waals surface area contributed by atoms with Gasteiger partial charge < -0.3 is 10.1 Å². The fourth-order valence-electron chi connectivity index (χ4n) is 3.12. The van der Waals surface area contributed by atoms with Gasteiger partial charge in [0, 0.05) is 18.7 Å². The average Bonchev–Trinajstić information content (AvgIpc) is 2.59. The molecule has 9 heteroatoms. The van der Waals surface area contributed by atoms with Crippen LogP contribution in [0.15, 0.2) is 24.3 Å². The maximum Gasteiger partial charge on any atom is 0.387 e. The van der Waals surface area contributed by atoms with E-state index >= 15 is 0 Å². The highest BCUT2D eigenvalue weighted by Crippen LogP contribution is 2.29. The monoisotopic (exact) mass is 390 g/mol. The summed E-state index contributed by atoms with van der Waals surface area (Å²) < 4.78 is 54.5. The lowest BCUT2D eigenvalue weighted by Crippen LogP contribution is -2.45. The lowest BCUT2D eigenvalue weighted by Gasteiger charge is -2.31. The Morgan fingerprint density at radius 3 is 2.69 bits per heavy atom. The van der Waals surface area contributed by atoms with E-state index in [-0.39, 0.29) is 18.2 Å². The predicted molar refractivity (Wildman–Crippen MR) is 93.4 cm³/mol. The normalized spacial score (nSPS) is 20.0. The van der Waals surface area contributed by atoms with Crippen molar-refractivity contribution < 1.29 is 26.7 Å². The molecule has 2 rings (SSSR count). The summed E-state index contributed by atoms with van der Waals surface area (Å²) >= 11 is 0. The highest BCUT2D eigenvalue weighted by molar-refractivity contribution is 7.88. The minimum absolute atomic E-state index is 0.0241. The Morgan fingerprint density at radius 1 is 1.38 bits per heavy atom. The van der Waals surface area contributed by atoms with E-state index < -0.39 is 28.6 Å². The smallest absolute Gasteiger partial charge is 0.387 e. The van der Waals surface area contributed by atoms with Gasteiger partial charge in [0.1, 0.15) is 5.75 Å². The van der Waals surface area contributed by atoms with Gasteiger partial charge in [-0.05, 0) is 25.3 Å². The molecule has 0 saturated carbocycles. The summed E-state index contributed by atoms with van der Waals surface area (Å²) in [4.78, 5) is 12.6. The third-order valence-electron chi connectivity index (χ3n) is 4.46. The molecule has 26 heavy (non-hydrogen) atoms. The van der Waals surface area contributed by atoms with Crippen molar-refractivity contribution in [1.29, 1.82) is 0 Å². The maximum absolute atomic E-state index is 12.6. The highest BCUT2D eigenvalue weighted by atomic mass is 32.2. The van der Waals surface area contributed by atoms with E-state index in [0.29, 0.717) is 31.4 Å². The zero-order valence-electron chi connectivity index (χ0n) is 14.8. The number of nitrogens with zero attached hydrogens (tertiary/aromatic N) is 1. The van der Waals surface area contributed by atoms with Crippen molar-refractivity contribution in [1.82, 2.24) is 9.62 Å². The van der Waals surface area contributed by atoms with Crippen LogP contribution in [0.1, 0.15) is 37.8 Å². The third kappa shape index (κ3) is 5.38. The van der Waals surface area contributed by atoms with Crippen molar-refractivity contribution in [3.05, 3.63) is 29.8 Å². The highest BCUT2D eigenvalue weighted by Gasteiger charge is 2.31. The number of carbonyl (C=O) groups is 1. The first-order valence-corrected chi connectivity index (χ1v) is 10.4. The lowest BCUT2D eigenvalue weighted by atomic mass is 9.97. The van der Waals surface area contributed by atoms with Gasteiger partial charge in [0.05, 0.1) is 18.2 Å². The van der Waals surface area contributed by atoms with Gasteiger partial charge in [0.25, 0.3) is 0 Å². The first kappa shape index (κ1) is 20.6. The van der Waals surface area contributed by atoms with Gasteiger partial charge in [-0.3, -0.25) is 4.79 Å². The molecular weight excluding hydrogens is 366 g/mol. The van der Waals surface area contributed by atoms with Crippen molar-refractivity contribution >= 4 is 15.9 Å². The maximum atomic E-state index is 12.6. The number of alkyl halides is 2. The quantitative estimate of drug-likeness (QED) is 0.776. The van der Waals surface area contributed by atoms with Crippen molar-refractivity contribution in [2.75, 3.05) is 19.3 Å². The summed E-state index contributed by atoms with van der Waals surface area (Å²) in [5.74, 6) is -0.719. The van der Waals surface area contributed by atoms with Gasteiger partial charge in [-0.1, -0.05) is 25.1 Å². The molecule has 1 N–H and O–H groups in total. The fraction of sp³-hybridized carbons (Fsp3) is 0.588. The number of sulfonamides is 1. The van der Waals surface area contributed by atoms with Crippen LogP contribution in [0.2, 0.25) is 0 Å². The number of carbonyl (C=O) groups excluding carboxylic acids is 1. The number of piperidine rings is 1. The number of benzene rings is 1. The standard InChI is InChI=1S/C17H24F2N2O4S/c1-3-14(13-8-4-5-9-15(13)25-17(18)19)20-16(22)12-7-6-10-21(11-12)26(2,23)24/h4-5,8-9,12,14,17H,3,6-7,10-11H2,1-2H3,(H,20,22). The Kier molecular flexibility index (Phi) is 6.94. The Labute approximate surface area is 152 Å². The molecule has 0 radical (unpaired) electrons. The minimum atomic E-state index is -3.35. The van der Waals surface area contributed by atoms with Crippen LogP contribution >= 0.6 is 0 Å². The van der Waals surface area contributed by atoms with Crippen LogP contribution in [-0.4, -0.2) is 44.6 Å². The minimum Gasteiger partial charge on any atom is -0.434 e. The summed E-state index contributed by atoms with van der Waals surface area (Å²) in [7, 11) is -3.35. The van der Waals surface area contributed by atoms with Crippen molar-refractivity contribution in [2.45, 2.75) is 38.8 Å². The number of nitrogens with one attached hydrogen (secondary N) is 1. The third-order valence-corrected chi connectivity index (χ3v) is 5.73. The second-order valence-electron chi connectivity index (χ2n) is 6.35. The Morgan fingerprint density at radius 2 is 2.08 bits per heavy atom. The van der Waals surface area contributed by atoms with Crippen molar-refractivity contribution in [2.24, 2.45) is 5.92 Å². The molecule has 0 aromatic heterocycles. The van der Waals surface area contributed by atoms with Gasteiger partial charge in [-0.15, -0.1) is 0 Å². The van der Waals surface area contributed by atoms with Crippen LogP contribution in [0.5, 0.6) is 5.75 Å². The molecular formula is C17H24F2N2O4S. The van der Waals surface area contributed by atoms with Crippen LogP contribution in [0.3, 0.4) is 0 Å². The molecule has 1 aliphatic heterocycles. The first-order valence-electron chi connectivity index (χ1n) is 8.51. The molecule has 0 aliphatic carbocycles. The van der Waals surface area contributed by atoms with Crippen LogP contribution in [-0.2, 0) is 14.8 Å². The van der Waals surface area contributed by atoms with Crippen molar-refractivity contribution in [3.63, 3.8) is 0 Å². The molecule has 2 unspecified atom stereocenters. The zero-order valence-corrected chi connectivity index (χ0v) is 15.6. The van der Waals surface area contributed by atoms with Gasteiger partial charge in [0.15, 0.2) is 0 Å². The van der Waals surface area contributed by atoms with E-state index in [4.69, 9.17) is 0 Å². The van der Waals surface area contributed by atoms with E-state index in [1.54, 1.807) is 18.2 Å². The van der Waals surface area contributed by atoms with Crippen molar-refractivity contribution in [3.8, 4) is 5.75 Å². The first-order chi connectivity index (χ1) is 12.2. The summed E-state index contributed by atoms with van der Waals surface area (Å²) in [5.41, 5.74) is 0.472. The largest absolute Gasteiger partial charge is 0.434 e. The summed E-state index contributed by atoms with van der Waals surface area (Å²) in [6, 6.07) is 5.85. The van der Waals surface area contributed by atoms with E-state index in [1.807, 2.05) is 6.92 Å². The molecule has 1 fully saturated rings. The van der Waals surface area contributed by atoms with Gasteiger partial charge >= 0.3 is 6.61 Å². The number of rotatable bonds is 7. The predicted octanol–water partition coefficient (Wildman–Crippen LogP) is 2.53. The zero-order chi connectivity index (χ0) is 19.3. The number of hydrogen-bond acceptors (Lipinski definition) is 4. The molecule has 1 aliphatic rings. The van der Waals surface area contributed by atoms with Gasteiger partial charge in [-0.25, -0.2) is 12.7 Å². The average molecular weight is 390 g/mol. The molecule has 2 atom stereocenters. The SMILES string of the molecule is CCC(NC(=O)C1CCCN(S(C)(=O)=O)C1)c1ccccc1OC(F)F. The molecule has 1 heterocycles. The topological polar surface area (TPSA) is 75.7 Å². The second-order valence-corrected chi connectivity index (χ2v) is 8.33. The number of hydrogen-bond donors (Lipinski definition) is 1. The van der Waals surface area contributed by atoms with Crippen LogP contribution in [0.4, 0.5) is 8.78 Å². The Bertz CT molecular complexity index is 727. The molecule has 1 aromatic carbocycles. The van der Waals surface area contributed by atoms with E-state index in [2.05, 4.69) is 10.1 Å². The van der Waals surface area contributed by atoms with E-state index in [0.717, 1.165) is 6.26 Å². The number of ether oxygens (including phenoxy) is 1. The fourth-order valence-corrected chi connectivity index (χ4v) is 4.03. The molecule has 1 aromatic rings. The van der Waals surface area contributed by atoms with Gasteiger partial charge in [0.2, 0.25) is 15.9 Å². The Hall–Kier alpha value is -1.74. The van der Waals surface area contributed by atoms with Gasteiger partial charge in [-0.2, -0.15) is 8.78 Å². The summed E-state index contributed by atoms with van der Waals surface area (Å²) in [6.07, 6.45) is 2.80. The van der Waals surface area contributed by atoms with E-state index in [9.17, 15) is 22.0 Å². The number of halogens is 2. The van der Waals surface area contributed by atoms with Crippen LogP contribution in [0.25, 0.3) is 0 Å². The number of amides is 1. The molecule has 6 nitrogen and oxygen atoms in total. The molecule has 1 saturated heterocycles.